The Morgan fingerprint density at radius 1 is 1.11 bits per heavy atom. The maximum atomic E-state index is 4.44. The van der Waals surface area contributed by atoms with Crippen molar-refractivity contribution >= 4 is 5.95 Å². The van der Waals surface area contributed by atoms with Crippen molar-refractivity contribution in [2.75, 3.05) is 18.0 Å². The Morgan fingerprint density at radius 2 is 1.63 bits per heavy atom. The highest BCUT2D eigenvalue weighted by Gasteiger charge is 2.48. The van der Waals surface area contributed by atoms with Crippen molar-refractivity contribution < 1.29 is 0 Å². The molecule has 106 valence electrons. The van der Waals surface area contributed by atoms with Crippen LogP contribution in [0.2, 0.25) is 0 Å². The van der Waals surface area contributed by atoms with Crippen LogP contribution < -0.4 is 4.90 Å². The SMILES string of the molecule is CC.Cc1cnc(N2CC3CC(C2)C3C(C)C)nc1. The molecule has 1 aromatic heterocycles. The molecule has 3 fully saturated rings. The lowest BCUT2D eigenvalue weighted by atomic mass is 9.58. The van der Waals surface area contributed by atoms with Gasteiger partial charge in [-0.2, -0.15) is 0 Å². The molecule has 3 aliphatic rings. The van der Waals surface area contributed by atoms with Gasteiger partial charge in [0.15, 0.2) is 0 Å². The molecular formula is C16H27N3. The monoisotopic (exact) mass is 261 g/mol. The highest BCUT2D eigenvalue weighted by Crippen LogP contribution is 2.49. The van der Waals surface area contributed by atoms with Crippen molar-refractivity contribution in [2.24, 2.45) is 23.7 Å². The molecule has 1 saturated carbocycles. The Labute approximate surface area is 117 Å². The Kier molecular flexibility index (Phi) is 4.43. The van der Waals surface area contributed by atoms with Crippen LogP contribution in [0.5, 0.6) is 0 Å². The van der Waals surface area contributed by atoms with Gasteiger partial charge in [0.05, 0.1) is 0 Å². The highest BCUT2D eigenvalue weighted by atomic mass is 15.3. The second kappa shape index (κ2) is 5.89. The fourth-order valence-electron chi connectivity index (χ4n) is 3.73. The van der Waals surface area contributed by atoms with Gasteiger partial charge in [0.1, 0.15) is 0 Å². The maximum absolute atomic E-state index is 4.44. The van der Waals surface area contributed by atoms with Gasteiger partial charge in [0, 0.05) is 25.5 Å². The standard InChI is InChI=1S/C14H21N3.C2H6/c1-9(2)13-11-4-12(13)8-17(7-11)14-15-5-10(3)6-16-14;1-2/h5-6,9,11-13H,4,7-8H2,1-3H3;1-2H3. The van der Waals surface area contributed by atoms with Gasteiger partial charge in [0.2, 0.25) is 5.95 Å². The molecule has 2 saturated heterocycles. The van der Waals surface area contributed by atoms with Gasteiger partial charge in [-0.25, -0.2) is 9.97 Å². The summed E-state index contributed by atoms with van der Waals surface area (Å²) in [7, 11) is 0. The lowest BCUT2D eigenvalue weighted by molar-refractivity contribution is 0.0114. The molecule has 1 aromatic rings. The Morgan fingerprint density at radius 3 is 2.11 bits per heavy atom. The van der Waals surface area contributed by atoms with Crippen molar-refractivity contribution in [3.8, 4) is 0 Å². The normalized spacial score (nSPS) is 28.5. The maximum Gasteiger partial charge on any atom is 0.225 e. The molecule has 2 unspecified atom stereocenters. The van der Waals surface area contributed by atoms with Gasteiger partial charge in [-0.05, 0) is 42.6 Å². The van der Waals surface area contributed by atoms with E-state index in [4.69, 9.17) is 0 Å². The summed E-state index contributed by atoms with van der Waals surface area (Å²) in [4.78, 5) is 11.3. The summed E-state index contributed by atoms with van der Waals surface area (Å²) in [5.41, 5.74) is 1.14. The van der Waals surface area contributed by atoms with Crippen LogP contribution in [0.4, 0.5) is 5.95 Å². The summed E-state index contributed by atoms with van der Waals surface area (Å²) >= 11 is 0. The summed E-state index contributed by atoms with van der Waals surface area (Å²) in [6, 6.07) is 0. The zero-order valence-electron chi connectivity index (χ0n) is 12.9. The molecule has 1 aliphatic carbocycles. The first-order chi connectivity index (χ1) is 9.15. The van der Waals surface area contributed by atoms with Crippen molar-refractivity contribution in [3.63, 3.8) is 0 Å². The average Bonchev–Trinajstić information content (AvgIpc) is 2.41. The molecule has 3 nitrogen and oxygen atoms in total. The van der Waals surface area contributed by atoms with Gasteiger partial charge in [-0.15, -0.1) is 0 Å². The van der Waals surface area contributed by atoms with E-state index in [1.807, 2.05) is 33.2 Å². The van der Waals surface area contributed by atoms with Crippen LogP contribution >= 0.6 is 0 Å². The molecule has 0 radical (unpaired) electrons. The van der Waals surface area contributed by atoms with Crippen molar-refractivity contribution in [2.45, 2.75) is 41.0 Å². The minimum atomic E-state index is 0.833. The average molecular weight is 261 g/mol. The zero-order chi connectivity index (χ0) is 14.0. The molecule has 0 N–H and O–H groups in total. The number of hydrogen-bond donors (Lipinski definition) is 0. The molecule has 2 bridgehead atoms. The number of fused-ring (bicyclic) bond motifs is 2. The third kappa shape index (κ3) is 2.75. The Balaban J connectivity index is 0.000000637. The molecule has 2 aliphatic heterocycles. The summed E-state index contributed by atoms with van der Waals surface area (Å²) in [5, 5.41) is 0. The minimum Gasteiger partial charge on any atom is -0.340 e. The van der Waals surface area contributed by atoms with E-state index in [2.05, 4.69) is 28.7 Å². The number of hydrogen-bond acceptors (Lipinski definition) is 3. The van der Waals surface area contributed by atoms with E-state index in [0.717, 1.165) is 48.3 Å². The molecule has 0 aromatic carbocycles. The predicted octanol–water partition coefficient (Wildman–Crippen LogP) is 3.54. The summed E-state index contributed by atoms with van der Waals surface area (Å²) in [6.45, 7) is 13.1. The lowest BCUT2D eigenvalue weighted by Gasteiger charge is -2.55. The Bertz CT molecular complexity index is 387. The van der Waals surface area contributed by atoms with E-state index >= 15 is 0 Å². The van der Waals surface area contributed by atoms with Gasteiger partial charge < -0.3 is 4.90 Å². The van der Waals surface area contributed by atoms with Crippen LogP contribution in [0.15, 0.2) is 12.4 Å². The molecule has 3 heterocycles. The number of piperidine rings is 2. The molecule has 0 amide bonds. The quantitative estimate of drug-likeness (QED) is 0.815. The minimum absolute atomic E-state index is 0.833. The Hall–Kier alpha value is -1.12. The van der Waals surface area contributed by atoms with Crippen molar-refractivity contribution in [1.29, 1.82) is 0 Å². The number of aromatic nitrogens is 2. The summed E-state index contributed by atoms with van der Waals surface area (Å²) in [5.74, 6) is 4.45. The number of anilines is 1. The van der Waals surface area contributed by atoms with E-state index < -0.39 is 0 Å². The van der Waals surface area contributed by atoms with Crippen LogP contribution in [-0.2, 0) is 0 Å². The molecule has 4 rings (SSSR count). The van der Waals surface area contributed by atoms with Crippen molar-refractivity contribution in [1.82, 2.24) is 9.97 Å². The smallest absolute Gasteiger partial charge is 0.225 e. The highest BCUT2D eigenvalue weighted by molar-refractivity contribution is 5.33. The number of aryl methyl sites for hydroxylation is 1. The van der Waals surface area contributed by atoms with Crippen LogP contribution in [0, 0.1) is 30.6 Å². The molecular weight excluding hydrogens is 234 g/mol. The second-order valence-corrected chi connectivity index (χ2v) is 6.04. The molecule has 19 heavy (non-hydrogen) atoms. The first-order valence-corrected chi connectivity index (χ1v) is 7.68. The summed E-state index contributed by atoms with van der Waals surface area (Å²) in [6.07, 6.45) is 5.26. The molecule has 0 spiro atoms. The molecule has 2 atom stereocenters. The van der Waals surface area contributed by atoms with Gasteiger partial charge in [0.25, 0.3) is 0 Å². The van der Waals surface area contributed by atoms with Crippen LogP contribution in [0.1, 0.15) is 39.7 Å². The zero-order valence-corrected chi connectivity index (χ0v) is 12.9. The first-order valence-electron chi connectivity index (χ1n) is 7.68. The summed E-state index contributed by atoms with van der Waals surface area (Å²) < 4.78 is 0. The van der Waals surface area contributed by atoms with Gasteiger partial charge in [-0.3, -0.25) is 0 Å². The van der Waals surface area contributed by atoms with E-state index in [0.29, 0.717) is 0 Å². The van der Waals surface area contributed by atoms with E-state index in [9.17, 15) is 0 Å². The van der Waals surface area contributed by atoms with E-state index in [1.165, 1.54) is 6.42 Å². The first kappa shape index (κ1) is 14.3. The number of nitrogens with zero attached hydrogens (tertiary/aromatic N) is 3. The fourth-order valence-corrected chi connectivity index (χ4v) is 3.73. The van der Waals surface area contributed by atoms with E-state index in [1.54, 1.807) is 0 Å². The van der Waals surface area contributed by atoms with E-state index in [-0.39, 0.29) is 0 Å². The van der Waals surface area contributed by atoms with Gasteiger partial charge in [-0.1, -0.05) is 27.7 Å². The third-order valence-electron chi connectivity index (χ3n) is 4.42. The van der Waals surface area contributed by atoms with Crippen LogP contribution in [-0.4, -0.2) is 23.1 Å². The lowest BCUT2D eigenvalue weighted by Crippen LogP contribution is -2.57. The third-order valence-corrected chi connectivity index (χ3v) is 4.42. The number of rotatable bonds is 2. The largest absolute Gasteiger partial charge is 0.340 e. The second-order valence-electron chi connectivity index (χ2n) is 6.04. The predicted molar refractivity (Wildman–Crippen MR) is 80.3 cm³/mol. The van der Waals surface area contributed by atoms with Crippen molar-refractivity contribution in [3.05, 3.63) is 18.0 Å². The van der Waals surface area contributed by atoms with Gasteiger partial charge >= 0.3 is 0 Å². The van der Waals surface area contributed by atoms with Crippen LogP contribution in [0.25, 0.3) is 0 Å². The molecule has 3 heteroatoms. The van der Waals surface area contributed by atoms with Crippen LogP contribution in [0.3, 0.4) is 0 Å². The topological polar surface area (TPSA) is 29.0 Å². The fraction of sp³-hybridized carbons (Fsp3) is 0.750.